The number of aryl methyl sites for hydroxylation is 2. The number of anilines is 3. The van der Waals surface area contributed by atoms with Crippen molar-refractivity contribution in [3.8, 4) is 5.75 Å². The lowest BCUT2D eigenvalue weighted by atomic mass is 10.1. The molecule has 10 nitrogen and oxygen atoms in total. The summed E-state index contributed by atoms with van der Waals surface area (Å²) < 4.78 is 52.5. The van der Waals surface area contributed by atoms with Gasteiger partial charge in [0.1, 0.15) is 5.76 Å². The molecule has 3 aromatic rings. The van der Waals surface area contributed by atoms with Gasteiger partial charge in [-0.15, -0.1) is 11.3 Å². The zero-order valence-electron chi connectivity index (χ0n) is 18.5. The zero-order valence-corrected chi connectivity index (χ0v) is 20.9. The fourth-order valence-electron chi connectivity index (χ4n) is 3.24. The molecule has 32 heavy (non-hydrogen) atoms. The molecule has 3 aromatic heterocycles. The molecule has 0 aliphatic carbocycles. The number of thiophene rings is 1. The highest BCUT2D eigenvalue weighted by Crippen LogP contribution is 2.45. The van der Waals surface area contributed by atoms with Crippen LogP contribution in [-0.4, -0.2) is 44.2 Å². The van der Waals surface area contributed by atoms with E-state index in [9.17, 15) is 18.1 Å². The Hall–Kier alpha value is -2.19. The van der Waals surface area contributed by atoms with E-state index in [0.717, 1.165) is 16.9 Å². The number of hydrogen-bond acceptors (Lipinski definition) is 10. The molecule has 0 spiro atoms. The van der Waals surface area contributed by atoms with Gasteiger partial charge in [-0.2, -0.15) is 4.31 Å². The van der Waals surface area contributed by atoms with E-state index < -0.39 is 26.9 Å². The molecule has 0 aliphatic heterocycles. The topological polar surface area (TPSA) is 144 Å². The normalized spacial score (nSPS) is 13.5. The predicted octanol–water partition coefficient (Wildman–Crippen LogP) is 4.52. The molecule has 0 bridgehead atoms. The van der Waals surface area contributed by atoms with Crippen LogP contribution >= 0.6 is 22.5 Å². The van der Waals surface area contributed by atoms with Crippen molar-refractivity contribution < 1.29 is 22.5 Å². The lowest BCUT2D eigenvalue weighted by Gasteiger charge is -2.17. The first-order valence-corrected chi connectivity index (χ1v) is 13.4. The zero-order chi connectivity index (χ0) is 23.6. The Kier molecular flexibility index (Phi) is 7.45. The number of hydrogen-bond donors (Lipinski definition) is 3. The predicted molar refractivity (Wildman–Crippen MR) is 125 cm³/mol. The van der Waals surface area contributed by atoms with Gasteiger partial charge in [-0.25, -0.2) is 8.42 Å². The summed E-state index contributed by atoms with van der Waals surface area (Å²) >= 11 is -0.882. The van der Waals surface area contributed by atoms with E-state index in [1.54, 1.807) is 27.0 Å². The van der Waals surface area contributed by atoms with Crippen molar-refractivity contribution in [2.45, 2.75) is 51.3 Å². The van der Waals surface area contributed by atoms with Gasteiger partial charge in [0, 0.05) is 26.7 Å². The molecule has 2 atom stereocenters. The van der Waals surface area contributed by atoms with Gasteiger partial charge in [-0.1, -0.05) is 20.8 Å². The van der Waals surface area contributed by atoms with Gasteiger partial charge in [-0.05, 0) is 31.9 Å². The molecular formula is C19H27N5O5S3. The Bertz CT molecular complexity index is 1180. The molecule has 0 fully saturated rings. The van der Waals surface area contributed by atoms with E-state index >= 15 is 0 Å². The second-order valence-electron chi connectivity index (χ2n) is 7.13. The minimum atomic E-state index is -3.84. The van der Waals surface area contributed by atoms with Crippen molar-refractivity contribution in [1.29, 1.82) is 0 Å². The molecular weight excluding hydrogens is 474 g/mol. The van der Waals surface area contributed by atoms with E-state index in [1.165, 1.54) is 4.31 Å². The Balaban J connectivity index is 1.93. The van der Waals surface area contributed by atoms with Gasteiger partial charge in [-0.3, -0.25) is 0 Å². The molecule has 1 unspecified atom stereocenters. The fraction of sp³-hybridized carbons (Fsp3) is 0.474. The first kappa shape index (κ1) is 24.5. The van der Waals surface area contributed by atoms with E-state index in [0.29, 0.717) is 17.1 Å². The lowest BCUT2D eigenvalue weighted by molar-refractivity contribution is 0.434. The van der Waals surface area contributed by atoms with Gasteiger partial charge in [0.2, 0.25) is 11.6 Å². The summed E-state index contributed by atoms with van der Waals surface area (Å²) in [5.74, 6) is 0.690. The van der Waals surface area contributed by atoms with Crippen molar-refractivity contribution in [2.75, 3.05) is 23.7 Å². The van der Waals surface area contributed by atoms with Crippen LogP contribution in [0.2, 0.25) is 0 Å². The van der Waals surface area contributed by atoms with E-state index in [1.807, 2.05) is 19.9 Å². The van der Waals surface area contributed by atoms with Crippen LogP contribution in [0.1, 0.15) is 49.4 Å². The standard InChI is InChI=1S/C19H27N5O5S3/c1-6-13(14-9-11(4)10-29-14)20-17-18(23-31(26)22-17)21-15-12(5)30-19(16(15)25)32(27,28)24(7-2)8-3/h9-10,13,25H,6-8H2,1-5H3,(H,20,22)(H,21,23)/t13-,31?/m1/s1. The Labute approximate surface area is 194 Å². The van der Waals surface area contributed by atoms with Crippen LogP contribution < -0.4 is 10.6 Å². The van der Waals surface area contributed by atoms with Crippen LogP contribution in [0.4, 0.5) is 17.3 Å². The van der Waals surface area contributed by atoms with Gasteiger partial charge in [0.15, 0.2) is 21.1 Å². The summed E-state index contributed by atoms with van der Waals surface area (Å²) in [7, 11) is -3.84. The Morgan fingerprint density at radius 1 is 1.25 bits per heavy atom. The molecule has 3 N–H and O–H groups in total. The van der Waals surface area contributed by atoms with Gasteiger partial charge in [0.25, 0.3) is 10.0 Å². The van der Waals surface area contributed by atoms with E-state index in [2.05, 4.69) is 19.4 Å². The van der Waals surface area contributed by atoms with Crippen LogP contribution in [0.25, 0.3) is 0 Å². The molecule has 3 rings (SSSR count). The number of nitrogens with zero attached hydrogens (tertiary/aromatic N) is 3. The summed E-state index contributed by atoms with van der Waals surface area (Å²) in [4.78, 5) is 0.543. The van der Waals surface area contributed by atoms with Crippen LogP contribution in [0, 0.1) is 13.8 Å². The minimum absolute atomic E-state index is 0.146. The van der Waals surface area contributed by atoms with Gasteiger partial charge < -0.3 is 24.7 Å². The highest BCUT2D eigenvalue weighted by molar-refractivity contribution is 7.91. The van der Waals surface area contributed by atoms with Crippen LogP contribution in [0.3, 0.4) is 0 Å². The first-order valence-electron chi connectivity index (χ1n) is 10.1. The number of furan rings is 1. The van der Waals surface area contributed by atoms with Gasteiger partial charge in [0.05, 0.1) is 18.0 Å². The van der Waals surface area contributed by atoms with Crippen molar-refractivity contribution in [2.24, 2.45) is 0 Å². The molecule has 13 heteroatoms. The maximum Gasteiger partial charge on any atom is 0.256 e. The lowest BCUT2D eigenvalue weighted by Crippen LogP contribution is -2.30. The summed E-state index contributed by atoms with van der Waals surface area (Å²) in [5, 5.41) is 16.8. The third kappa shape index (κ3) is 4.76. The molecule has 0 amide bonds. The highest BCUT2D eigenvalue weighted by Gasteiger charge is 2.31. The van der Waals surface area contributed by atoms with Crippen LogP contribution in [0.15, 0.2) is 21.0 Å². The number of rotatable bonds is 10. The van der Waals surface area contributed by atoms with E-state index in [-0.39, 0.29) is 40.7 Å². The molecule has 3 heterocycles. The molecule has 0 saturated carbocycles. The summed E-state index contributed by atoms with van der Waals surface area (Å²) in [5.41, 5.74) is 1.17. The second-order valence-corrected chi connectivity index (χ2v) is 11.3. The van der Waals surface area contributed by atoms with Crippen LogP contribution in [0.5, 0.6) is 5.75 Å². The fourth-order valence-corrected chi connectivity index (χ4v) is 6.97. The largest absolute Gasteiger partial charge is 0.546 e. The summed E-state index contributed by atoms with van der Waals surface area (Å²) in [6, 6.07) is 1.66. The maximum absolute atomic E-state index is 12.9. The van der Waals surface area contributed by atoms with Crippen molar-refractivity contribution in [3.63, 3.8) is 0 Å². The Morgan fingerprint density at radius 3 is 2.47 bits per heavy atom. The third-order valence-electron chi connectivity index (χ3n) is 4.93. The Morgan fingerprint density at radius 2 is 1.91 bits per heavy atom. The highest BCUT2D eigenvalue weighted by atomic mass is 32.2. The minimum Gasteiger partial charge on any atom is -0.546 e. The van der Waals surface area contributed by atoms with Crippen molar-refractivity contribution in [3.05, 3.63) is 28.5 Å². The van der Waals surface area contributed by atoms with Crippen LogP contribution in [-0.2, 0) is 10.0 Å². The number of sulfonamides is 1. The SMILES string of the molecule is CC[C@@H](Nc1n[s+]([O-])nc1Nc1c(C)sc(S(=O)(=O)N(CC)CC)c1O)c1cc(C)co1. The number of aromatic hydroxyl groups is 1. The third-order valence-corrected chi connectivity index (χ3v) is 9.23. The summed E-state index contributed by atoms with van der Waals surface area (Å²) in [6.07, 6.45) is 2.31. The average Bonchev–Trinajstić information content (AvgIpc) is 3.40. The maximum atomic E-state index is 12.9. The van der Waals surface area contributed by atoms with E-state index in [4.69, 9.17) is 4.42 Å². The quantitative estimate of drug-likeness (QED) is 0.341. The summed E-state index contributed by atoms with van der Waals surface area (Å²) in [6.45, 7) is 9.61. The molecule has 0 saturated heterocycles. The molecule has 176 valence electrons. The molecule has 0 aromatic carbocycles. The average molecular weight is 502 g/mol. The number of nitrogens with one attached hydrogen (secondary N) is 2. The number of aromatic nitrogens is 2. The molecule has 0 radical (unpaired) electrons. The smallest absolute Gasteiger partial charge is 0.256 e. The second kappa shape index (κ2) is 9.75. The molecule has 0 aliphatic rings. The van der Waals surface area contributed by atoms with Crippen molar-refractivity contribution in [1.82, 2.24) is 13.1 Å². The van der Waals surface area contributed by atoms with Gasteiger partial charge >= 0.3 is 0 Å². The first-order chi connectivity index (χ1) is 15.1. The van der Waals surface area contributed by atoms with Crippen molar-refractivity contribution >= 4 is 49.8 Å². The monoisotopic (exact) mass is 501 g/mol.